The molecule has 0 fully saturated rings. The Balaban J connectivity index is 0.00000316. The van der Waals surface area contributed by atoms with Gasteiger partial charge in [-0.15, -0.1) is 0 Å². The fraction of sp³-hybridized carbons (Fsp3) is 0.368. The summed E-state index contributed by atoms with van der Waals surface area (Å²) in [4.78, 5) is 4.76. The standard InChI is InChI=1S/C37H40N2O2.CH4/c1-2-3-4-5-6-7-8-9-10-13-25-38-27-18-14-20-29-34(27)37-35-28(38)19-15-23-32(35)41-33-24-16-21-30(36(33)37)39(29)26-17-11-12-22-31(26)40;/h11-12,14-24,37,40H,2-10,13,25H2,1H3;1H4. The Bertz CT molecular complexity index is 1560. The number of anilines is 5. The first kappa shape index (κ1) is 28.2. The van der Waals surface area contributed by atoms with Crippen LogP contribution < -0.4 is 14.5 Å². The fourth-order valence-corrected chi connectivity index (χ4v) is 7.24. The molecule has 1 atom stereocenters. The molecule has 3 heterocycles. The molecule has 0 aliphatic carbocycles. The predicted molar refractivity (Wildman–Crippen MR) is 176 cm³/mol. The van der Waals surface area contributed by atoms with E-state index < -0.39 is 0 Å². The average Bonchev–Trinajstić information content (AvgIpc) is 3.00. The molecule has 0 saturated carbocycles. The van der Waals surface area contributed by atoms with Crippen LogP contribution in [0.2, 0.25) is 0 Å². The topological polar surface area (TPSA) is 35.9 Å². The first-order valence-electron chi connectivity index (χ1n) is 15.7. The zero-order valence-corrected chi connectivity index (χ0v) is 24.1. The van der Waals surface area contributed by atoms with Gasteiger partial charge in [0.25, 0.3) is 0 Å². The Hall–Kier alpha value is -3.92. The van der Waals surface area contributed by atoms with Gasteiger partial charge in [0.2, 0.25) is 0 Å². The zero-order valence-electron chi connectivity index (χ0n) is 24.1. The van der Waals surface area contributed by atoms with Crippen molar-refractivity contribution in [3.05, 3.63) is 95.6 Å². The van der Waals surface area contributed by atoms with E-state index in [1.807, 2.05) is 18.2 Å². The molecule has 1 N–H and O–H groups in total. The number of hydrogen-bond donors (Lipinski definition) is 1. The van der Waals surface area contributed by atoms with Crippen LogP contribution in [-0.4, -0.2) is 11.7 Å². The number of aromatic hydroxyl groups is 1. The highest BCUT2D eigenvalue weighted by Gasteiger charge is 2.45. The molecule has 0 aromatic heterocycles. The molecule has 0 amide bonds. The van der Waals surface area contributed by atoms with Crippen molar-refractivity contribution in [2.45, 2.75) is 84.5 Å². The summed E-state index contributed by atoms with van der Waals surface area (Å²) in [6, 6.07) is 27.2. The van der Waals surface area contributed by atoms with Crippen LogP contribution in [0.4, 0.5) is 28.4 Å². The Morgan fingerprint density at radius 1 is 0.571 bits per heavy atom. The summed E-state index contributed by atoms with van der Waals surface area (Å²) in [6.45, 7) is 3.27. The molecule has 0 radical (unpaired) electrons. The van der Waals surface area contributed by atoms with E-state index in [1.54, 1.807) is 6.07 Å². The highest BCUT2D eigenvalue weighted by Crippen LogP contribution is 2.64. The van der Waals surface area contributed by atoms with Crippen molar-refractivity contribution >= 4 is 28.4 Å². The van der Waals surface area contributed by atoms with Gasteiger partial charge in [0.1, 0.15) is 17.2 Å². The minimum Gasteiger partial charge on any atom is -0.506 e. The second kappa shape index (κ2) is 12.1. The molecule has 1 unspecified atom stereocenters. The summed E-state index contributed by atoms with van der Waals surface area (Å²) >= 11 is 0. The Labute approximate surface area is 251 Å². The third-order valence-corrected chi connectivity index (χ3v) is 9.15. The molecule has 0 spiro atoms. The summed E-state index contributed by atoms with van der Waals surface area (Å²) in [5.41, 5.74) is 9.31. The van der Waals surface area contributed by atoms with E-state index in [0.717, 1.165) is 35.1 Å². The molecular formula is C38H44N2O2. The van der Waals surface area contributed by atoms with E-state index in [2.05, 4.69) is 71.3 Å². The van der Waals surface area contributed by atoms with Crippen LogP contribution in [0.3, 0.4) is 0 Å². The molecule has 4 nitrogen and oxygen atoms in total. The van der Waals surface area contributed by atoms with Crippen molar-refractivity contribution in [3.8, 4) is 17.2 Å². The van der Waals surface area contributed by atoms with Crippen LogP contribution >= 0.6 is 0 Å². The summed E-state index contributed by atoms with van der Waals surface area (Å²) in [6.07, 6.45) is 13.3. The summed E-state index contributed by atoms with van der Waals surface area (Å²) in [5.74, 6) is 2.25. The number of unbranched alkanes of at least 4 members (excludes halogenated alkanes) is 9. The van der Waals surface area contributed by atoms with Gasteiger partial charge in [-0.3, -0.25) is 0 Å². The zero-order chi connectivity index (χ0) is 27.8. The van der Waals surface area contributed by atoms with Gasteiger partial charge in [0.15, 0.2) is 0 Å². The highest BCUT2D eigenvalue weighted by molar-refractivity contribution is 5.96. The lowest BCUT2D eigenvalue weighted by molar-refractivity contribution is 0.451. The van der Waals surface area contributed by atoms with Gasteiger partial charge in [-0.25, -0.2) is 0 Å². The van der Waals surface area contributed by atoms with E-state index in [1.165, 1.54) is 92.3 Å². The monoisotopic (exact) mass is 560 g/mol. The quantitative estimate of drug-likeness (QED) is 0.151. The van der Waals surface area contributed by atoms with Crippen LogP contribution in [0.1, 0.15) is 101 Å². The van der Waals surface area contributed by atoms with Gasteiger partial charge in [0, 0.05) is 40.5 Å². The lowest BCUT2D eigenvalue weighted by atomic mass is 9.74. The third-order valence-electron chi connectivity index (χ3n) is 9.15. The minimum atomic E-state index is 0. The lowest BCUT2D eigenvalue weighted by Gasteiger charge is -2.47. The van der Waals surface area contributed by atoms with E-state index in [9.17, 15) is 5.11 Å². The normalized spacial score (nSPS) is 15.1. The molecule has 7 rings (SSSR count). The van der Waals surface area contributed by atoms with E-state index in [0.29, 0.717) is 0 Å². The molecule has 0 saturated heterocycles. The number of phenolic OH excluding ortho intramolecular Hbond substituents is 1. The minimum absolute atomic E-state index is 0. The number of benzene rings is 4. The van der Waals surface area contributed by atoms with Crippen molar-refractivity contribution in [1.82, 2.24) is 0 Å². The molecule has 4 aromatic rings. The van der Waals surface area contributed by atoms with Crippen LogP contribution in [0.25, 0.3) is 0 Å². The largest absolute Gasteiger partial charge is 0.506 e. The fourth-order valence-electron chi connectivity index (χ4n) is 7.24. The molecule has 218 valence electrons. The number of rotatable bonds is 12. The van der Waals surface area contributed by atoms with Crippen molar-refractivity contribution in [3.63, 3.8) is 0 Å². The second-order valence-corrected chi connectivity index (χ2v) is 11.8. The van der Waals surface area contributed by atoms with Gasteiger partial charge in [-0.05, 0) is 55.0 Å². The van der Waals surface area contributed by atoms with Gasteiger partial charge in [-0.1, -0.05) is 102 Å². The number of nitrogens with zero attached hydrogens (tertiary/aromatic N) is 2. The van der Waals surface area contributed by atoms with Crippen LogP contribution in [0.5, 0.6) is 17.2 Å². The first-order chi connectivity index (χ1) is 20.3. The van der Waals surface area contributed by atoms with Gasteiger partial charge in [-0.2, -0.15) is 0 Å². The average molecular weight is 561 g/mol. The summed E-state index contributed by atoms with van der Waals surface area (Å²) in [5, 5.41) is 11.0. The summed E-state index contributed by atoms with van der Waals surface area (Å²) in [7, 11) is 0. The van der Waals surface area contributed by atoms with Crippen molar-refractivity contribution < 1.29 is 9.84 Å². The van der Waals surface area contributed by atoms with E-state index in [-0.39, 0.29) is 19.1 Å². The SMILES string of the molecule is C.CCCCCCCCCCCCN1c2cccc3c2C2c4c(cccc4N(c4ccccc4O)c4cccc1c42)O3. The maximum Gasteiger partial charge on any atom is 0.139 e. The molecular weight excluding hydrogens is 516 g/mol. The number of ether oxygens (including phenoxy) is 1. The van der Waals surface area contributed by atoms with E-state index >= 15 is 0 Å². The second-order valence-electron chi connectivity index (χ2n) is 11.8. The maximum absolute atomic E-state index is 11.0. The first-order valence-corrected chi connectivity index (χ1v) is 15.7. The number of hydrogen-bond acceptors (Lipinski definition) is 4. The predicted octanol–water partition coefficient (Wildman–Crippen LogP) is 11.5. The van der Waals surface area contributed by atoms with Crippen LogP contribution in [0, 0.1) is 0 Å². The highest BCUT2D eigenvalue weighted by atomic mass is 16.5. The van der Waals surface area contributed by atoms with Crippen molar-refractivity contribution in [2.24, 2.45) is 0 Å². The summed E-state index contributed by atoms with van der Waals surface area (Å²) < 4.78 is 6.60. The Morgan fingerprint density at radius 3 is 1.74 bits per heavy atom. The molecule has 3 aliphatic heterocycles. The maximum atomic E-state index is 11.0. The third kappa shape index (κ3) is 4.71. The molecule has 0 bridgehead atoms. The molecule has 4 aromatic carbocycles. The molecule has 42 heavy (non-hydrogen) atoms. The molecule has 3 aliphatic rings. The number of para-hydroxylation sites is 2. The molecule has 4 heteroatoms. The van der Waals surface area contributed by atoms with Gasteiger partial charge in [0.05, 0.1) is 17.1 Å². The van der Waals surface area contributed by atoms with Gasteiger partial charge >= 0.3 is 0 Å². The van der Waals surface area contributed by atoms with Gasteiger partial charge < -0.3 is 19.6 Å². The van der Waals surface area contributed by atoms with Crippen molar-refractivity contribution in [2.75, 3.05) is 16.3 Å². The van der Waals surface area contributed by atoms with E-state index in [4.69, 9.17) is 4.74 Å². The number of phenols is 1. The Morgan fingerprint density at radius 2 is 1.07 bits per heavy atom. The smallest absolute Gasteiger partial charge is 0.139 e. The lowest BCUT2D eigenvalue weighted by Crippen LogP contribution is -2.33. The van der Waals surface area contributed by atoms with Crippen molar-refractivity contribution in [1.29, 1.82) is 0 Å². The van der Waals surface area contributed by atoms with Crippen LogP contribution in [0.15, 0.2) is 78.9 Å². The Kier molecular flexibility index (Phi) is 8.15. The van der Waals surface area contributed by atoms with Crippen LogP contribution in [-0.2, 0) is 0 Å².